The highest BCUT2D eigenvalue weighted by Crippen LogP contribution is 2.11. The van der Waals surface area contributed by atoms with Crippen molar-refractivity contribution in [3.8, 4) is 0 Å². The molecule has 3 aromatic heterocycles. The van der Waals surface area contributed by atoms with E-state index < -0.39 is 0 Å². The van der Waals surface area contributed by atoms with Crippen LogP contribution < -0.4 is 16.4 Å². The van der Waals surface area contributed by atoms with Crippen LogP contribution in [0.3, 0.4) is 0 Å². The minimum Gasteiger partial charge on any atom is -0.352 e. The molecule has 7 heteroatoms. The molecule has 0 unspecified atom stereocenters. The lowest BCUT2D eigenvalue weighted by molar-refractivity contribution is 0.0946. The number of aromatic nitrogens is 3. The quantitative estimate of drug-likeness (QED) is 0.487. The van der Waals surface area contributed by atoms with Gasteiger partial charge in [0.05, 0.1) is 10.9 Å². The van der Waals surface area contributed by atoms with Crippen LogP contribution in [0.2, 0.25) is 0 Å². The Morgan fingerprint density at radius 3 is 2.79 bits per heavy atom. The van der Waals surface area contributed by atoms with Crippen LogP contribution in [0.15, 0.2) is 35.3 Å². The highest BCUT2D eigenvalue weighted by atomic mass is 16.1. The fourth-order valence-corrected chi connectivity index (χ4v) is 3.19. The number of aryl methyl sites for hydroxylation is 1. The molecule has 148 valence electrons. The molecule has 0 aromatic carbocycles. The van der Waals surface area contributed by atoms with Crippen LogP contribution in [-0.2, 0) is 6.54 Å². The fourth-order valence-electron chi connectivity index (χ4n) is 3.19. The Morgan fingerprint density at radius 1 is 1.29 bits per heavy atom. The van der Waals surface area contributed by atoms with Crippen LogP contribution in [0.4, 0.5) is 0 Å². The smallest absolute Gasteiger partial charge is 0.267 e. The van der Waals surface area contributed by atoms with E-state index in [1.807, 2.05) is 19.9 Å². The molecular weight excluding hydrogens is 354 g/mol. The van der Waals surface area contributed by atoms with Gasteiger partial charge in [-0.2, -0.15) is 0 Å². The van der Waals surface area contributed by atoms with E-state index in [9.17, 15) is 9.59 Å². The maximum absolute atomic E-state index is 13.0. The van der Waals surface area contributed by atoms with Crippen LogP contribution in [0.1, 0.15) is 50.4 Å². The minimum absolute atomic E-state index is 0.0945. The first-order chi connectivity index (χ1) is 13.4. The van der Waals surface area contributed by atoms with Gasteiger partial charge >= 0.3 is 0 Å². The molecule has 0 radical (unpaired) electrons. The number of carbonyl (C=O) groups excluding carboxylic acids is 1. The van der Waals surface area contributed by atoms with Gasteiger partial charge in [0.2, 0.25) is 0 Å². The summed E-state index contributed by atoms with van der Waals surface area (Å²) in [4.78, 5) is 30.4. The first-order valence-electron chi connectivity index (χ1n) is 9.81. The summed E-state index contributed by atoms with van der Waals surface area (Å²) in [6.07, 6.45) is 4.57. The summed E-state index contributed by atoms with van der Waals surface area (Å²) < 4.78 is 3.17. The second-order valence-corrected chi connectivity index (χ2v) is 7.45. The van der Waals surface area contributed by atoms with Crippen LogP contribution in [0.5, 0.6) is 0 Å². The standard InChI is InChI=1S/C21H27N5O2/c1-4-5-7-11-26-18(22)15(20(27)23-13-14(2)3)12-16-19(26)24-17-9-6-8-10-25(17)21(16)28/h6,8-10,12,14,22H,4-5,7,11,13H2,1-3H3,(H,23,27). The lowest BCUT2D eigenvalue weighted by atomic mass is 10.1. The van der Waals surface area contributed by atoms with Gasteiger partial charge in [-0.3, -0.25) is 19.4 Å². The molecule has 3 heterocycles. The van der Waals surface area contributed by atoms with E-state index in [0.29, 0.717) is 35.7 Å². The second kappa shape index (κ2) is 8.37. The number of hydrogen-bond donors (Lipinski definition) is 2. The van der Waals surface area contributed by atoms with Crippen molar-refractivity contribution in [1.29, 1.82) is 5.41 Å². The molecule has 0 aliphatic heterocycles. The van der Waals surface area contributed by atoms with Gasteiger partial charge < -0.3 is 9.88 Å². The molecule has 3 rings (SSSR count). The van der Waals surface area contributed by atoms with E-state index in [-0.39, 0.29) is 22.5 Å². The number of hydrogen-bond acceptors (Lipinski definition) is 4. The van der Waals surface area contributed by atoms with Crippen molar-refractivity contribution in [2.24, 2.45) is 5.92 Å². The number of pyridine rings is 2. The average Bonchev–Trinajstić information content (AvgIpc) is 2.68. The molecule has 1 amide bonds. The summed E-state index contributed by atoms with van der Waals surface area (Å²) in [6.45, 7) is 7.19. The number of unbranched alkanes of at least 4 members (excludes halogenated alkanes) is 2. The van der Waals surface area contributed by atoms with Gasteiger partial charge in [-0.1, -0.05) is 39.7 Å². The summed E-state index contributed by atoms with van der Waals surface area (Å²) >= 11 is 0. The summed E-state index contributed by atoms with van der Waals surface area (Å²) in [5, 5.41) is 11.8. The second-order valence-electron chi connectivity index (χ2n) is 7.45. The molecule has 0 atom stereocenters. The Kier molecular flexibility index (Phi) is 5.92. The largest absolute Gasteiger partial charge is 0.352 e. The third-order valence-electron chi connectivity index (χ3n) is 4.72. The number of rotatable bonds is 7. The molecule has 0 fully saturated rings. The maximum Gasteiger partial charge on any atom is 0.267 e. The molecular formula is C21H27N5O2. The third-order valence-corrected chi connectivity index (χ3v) is 4.72. The highest BCUT2D eigenvalue weighted by molar-refractivity contribution is 5.96. The number of carbonyl (C=O) groups is 1. The van der Waals surface area contributed by atoms with Crippen LogP contribution >= 0.6 is 0 Å². The predicted molar refractivity (Wildman–Crippen MR) is 110 cm³/mol. The van der Waals surface area contributed by atoms with E-state index >= 15 is 0 Å². The molecule has 3 aromatic rings. The fraction of sp³-hybridized carbons (Fsp3) is 0.429. The van der Waals surface area contributed by atoms with Gasteiger partial charge in [-0.05, 0) is 30.5 Å². The average molecular weight is 381 g/mol. The van der Waals surface area contributed by atoms with Gasteiger partial charge in [0.15, 0.2) is 0 Å². The topological polar surface area (TPSA) is 92.2 Å². The molecule has 0 aliphatic rings. The Balaban J connectivity index is 2.24. The zero-order chi connectivity index (χ0) is 20.3. The van der Waals surface area contributed by atoms with Gasteiger partial charge in [0.1, 0.15) is 16.8 Å². The zero-order valence-electron chi connectivity index (χ0n) is 16.7. The van der Waals surface area contributed by atoms with Gasteiger partial charge in [-0.15, -0.1) is 0 Å². The van der Waals surface area contributed by atoms with Crippen molar-refractivity contribution in [2.45, 2.75) is 46.6 Å². The molecule has 0 aliphatic carbocycles. The SMILES string of the molecule is CCCCCn1c(=N)c(C(=O)NCC(C)C)cc2c(=O)n3ccccc3nc21. The molecule has 2 N–H and O–H groups in total. The number of nitrogens with zero attached hydrogens (tertiary/aromatic N) is 3. The van der Waals surface area contributed by atoms with E-state index in [0.717, 1.165) is 19.3 Å². The van der Waals surface area contributed by atoms with Crippen molar-refractivity contribution >= 4 is 22.6 Å². The van der Waals surface area contributed by atoms with Crippen molar-refractivity contribution in [2.75, 3.05) is 6.54 Å². The molecule has 28 heavy (non-hydrogen) atoms. The van der Waals surface area contributed by atoms with Crippen molar-refractivity contribution in [3.63, 3.8) is 0 Å². The Morgan fingerprint density at radius 2 is 2.07 bits per heavy atom. The Labute approximate surface area is 163 Å². The first kappa shape index (κ1) is 19.8. The van der Waals surface area contributed by atoms with Crippen LogP contribution in [0, 0.1) is 11.3 Å². The van der Waals surface area contributed by atoms with Crippen molar-refractivity contribution < 1.29 is 4.79 Å². The van der Waals surface area contributed by atoms with Crippen molar-refractivity contribution in [1.82, 2.24) is 19.3 Å². The number of nitrogens with one attached hydrogen (secondary N) is 2. The van der Waals surface area contributed by atoms with Crippen molar-refractivity contribution in [3.05, 3.63) is 51.9 Å². The summed E-state index contributed by atoms with van der Waals surface area (Å²) in [6, 6.07) is 6.87. The van der Waals surface area contributed by atoms with Gasteiger partial charge in [0, 0.05) is 19.3 Å². The minimum atomic E-state index is -0.331. The normalized spacial score (nSPS) is 11.4. The van der Waals surface area contributed by atoms with E-state index in [1.54, 1.807) is 22.9 Å². The Hall–Kier alpha value is -2.96. The van der Waals surface area contributed by atoms with Crippen LogP contribution in [-0.4, -0.2) is 26.4 Å². The zero-order valence-corrected chi connectivity index (χ0v) is 16.7. The number of fused-ring (bicyclic) bond motifs is 2. The molecule has 0 saturated carbocycles. The third kappa shape index (κ3) is 3.83. The first-order valence-corrected chi connectivity index (χ1v) is 9.81. The number of amides is 1. The Bertz CT molecular complexity index is 1130. The molecule has 0 saturated heterocycles. The van der Waals surface area contributed by atoms with Gasteiger partial charge in [0.25, 0.3) is 11.5 Å². The summed E-state index contributed by atoms with van der Waals surface area (Å²) in [5.74, 6) is -0.0334. The molecule has 0 bridgehead atoms. The molecule has 7 nitrogen and oxygen atoms in total. The lowest BCUT2D eigenvalue weighted by Gasteiger charge is -2.15. The van der Waals surface area contributed by atoms with Crippen LogP contribution in [0.25, 0.3) is 16.7 Å². The van der Waals surface area contributed by atoms with Gasteiger partial charge in [-0.25, -0.2) is 4.98 Å². The summed E-state index contributed by atoms with van der Waals surface area (Å²) in [5.41, 5.74) is 1.05. The maximum atomic E-state index is 13.0. The highest BCUT2D eigenvalue weighted by Gasteiger charge is 2.17. The van der Waals surface area contributed by atoms with E-state index in [1.165, 1.54) is 10.5 Å². The molecule has 0 spiro atoms. The summed E-state index contributed by atoms with van der Waals surface area (Å²) in [7, 11) is 0. The lowest BCUT2D eigenvalue weighted by Crippen LogP contribution is -2.36. The monoisotopic (exact) mass is 381 g/mol. The predicted octanol–water partition coefficient (Wildman–Crippen LogP) is 2.70. The van der Waals surface area contributed by atoms with E-state index in [2.05, 4.69) is 17.2 Å². The van der Waals surface area contributed by atoms with E-state index in [4.69, 9.17) is 5.41 Å².